The number of carboxylic acids is 1. The molecule has 0 unspecified atom stereocenters. The van der Waals surface area contributed by atoms with E-state index >= 15 is 0 Å². The Bertz CT molecular complexity index is 1200. The van der Waals surface area contributed by atoms with Gasteiger partial charge in [0.15, 0.2) is 0 Å². The fraction of sp³-hybridized carbons (Fsp3) is 0. The molecule has 0 fully saturated rings. The molecule has 0 spiro atoms. The molecule has 4 rings (SSSR count). The van der Waals surface area contributed by atoms with E-state index in [1.54, 1.807) is 0 Å². The van der Waals surface area contributed by atoms with Crippen LogP contribution in [0, 0.1) is 10.1 Å². The van der Waals surface area contributed by atoms with Gasteiger partial charge in [0.05, 0.1) is 27.3 Å². The normalized spacial score (nSPS) is 12.6. The van der Waals surface area contributed by atoms with E-state index in [0.717, 1.165) is 4.90 Å². The van der Waals surface area contributed by atoms with Gasteiger partial charge in [0, 0.05) is 12.1 Å². The predicted molar refractivity (Wildman–Crippen MR) is 104 cm³/mol. The van der Waals surface area contributed by atoms with Gasteiger partial charge in [-0.25, -0.2) is 9.69 Å². The van der Waals surface area contributed by atoms with Crippen LogP contribution < -0.4 is 9.64 Å². The van der Waals surface area contributed by atoms with Crippen molar-refractivity contribution in [1.29, 1.82) is 0 Å². The van der Waals surface area contributed by atoms with Gasteiger partial charge in [-0.2, -0.15) is 0 Å². The minimum Gasteiger partial charge on any atom is -0.478 e. The lowest BCUT2D eigenvalue weighted by molar-refractivity contribution is -0.384. The number of imide groups is 1. The Balaban J connectivity index is 1.60. The van der Waals surface area contributed by atoms with Gasteiger partial charge in [-0.3, -0.25) is 19.7 Å². The average molecular weight is 404 g/mol. The number of carbonyl (C=O) groups is 3. The van der Waals surface area contributed by atoms with Gasteiger partial charge in [-0.05, 0) is 54.6 Å². The number of fused-ring (bicyclic) bond motifs is 1. The average Bonchev–Trinajstić information content (AvgIpc) is 2.98. The van der Waals surface area contributed by atoms with Gasteiger partial charge in [0.1, 0.15) is 11.5 Å². The topological polar surface area (TPSA) is 127 Å². The highest BCUT2D eigenvalue weighted by atomic mass is 16.6. The summed E-state index contributed by atoms with van der Waals surface area (Å²) in [6.07, 6.45) is 0. The first kappa shape index (κ1) is 18.8. The molecule has 1 N–H and O–H groups in total. The zero-order chi connectivity index (χ0) is 21.4. The quantitative estimate of drug-likeness (QED) is 0.388. The van der Waals surface area contributed by atoms with Crippen molar-refractivity contribution in [3.8, 4) is 11.5 Å². The Labute approximate surface area is 168 Å². The molecular formula is C21H12N2O7. The van der Waals surface area contributed by atoms with E-state index in [4.69, 9.17) is 9.84 Å². The fourth-order valence-electron chi connectivity index (χ4n) is 3.04. The number of hydrogen-bond donors (Lipinski definition) is 1. The number of hydrogen-bond acceptors (Lipinski definition) is 6. The van der Waals surface area contributed by atoms with Crippen LogP contribution in [0.4, 0.5) is 11.4 Å². The number of rotatable bonds is 5. The molecule has 1 aliphatic rings. The van der Waals surface area contributed by atoms with Crippen molar-refractivity contribution in [3.63, 3.8) is 0 Å². The molecule has 1 aliphatic heterocycles. The molecule has 3 aromatic rings. The summed E-state index contributed by atoms with van der Waals surface area (Å²) < 4.78 is 5.66. The van der Waals surface area contributed by atoms with Gasteiger partial charge in [0.2, 0.25) is 0 Å². The van der Waals surface area contributed by atoms with Crippen LogP contribution in [0.2, 0.25) is 0 Å². The van der Waals surface area contributed by atoms with Crippen LogP contribution in [0.15, 0.2) is 66.7 Å². The lowest BCUT2D eigenvalue weighted by atomic mass is 10.1. The number of nitro groups is 1. The number of carboxylic acid groups (broad SMARTS) is 1. The van der Waals surface area contributed by atoms with Crippen molar-refractivity contribution in [2.75, 3.05) is 4.90 Å². The molecule has 0 radical (unpaired) electrons. The van der Waals surface area contributed by atoms with E-state index in [1.165, 1.54) is 66.7 Å². The van der Waals surface area contributed by atoms with E-state index in [-0.39, 0.29) is 28.1 Å². The first-order valence-electron chi connectivity index (χ1n) is 8.63. The monoisotopic (exact) mass is 404 g/mol. The summed E-state index contributed by atoms with van der Waals surface area (Å²) in [5.41, 5.74) is 0.499. The molecular weight excluding hydrogens is 392 g/mol. The van der Waals surface area contributed by atoms with E-state index in [9.17, 15) is 24.5 Å². The number of nitro benzene ring substituents is 1. The minimum absolute atomic E-state index is 0.107. The zero-order valence-electron chi connectivity index (χ0n) is 15.1. The molecule has 9 nitrogen and oxygen atoms in total. The summed E-state index contributed by atoms with van der Waals surface area (Å²) in [5.74, 6) is -1.52. The van der Waals surface area contributed by atoms with Crippen molar-refractivity contribution < 1.29 is 29.2 Å². The second kappa shape index (κ2) is 7.13. The maximum atomic E-state index is 12.8. The van der Waals surface area contributed by atoms with Crippen molar-refractivity contribution in [3.05, 3.63) is 93.5 Å². The lowest BCUT2D eigenvalue weighted by Gasteiger charge is -2.13. The Morgan fingerprint density at radius 2 is 1.47 bits per heavy atom. The molecule has 0 atom stereocenters. The van der Waals surface area contributed by atoms with Gasteiger partial charge >= 0.3 is 5.97 Å². The van der Waals surface area contributed by atoms with Gasteiger partial charge in [0.25, 0.3) is 17.5 Å². The molecule has 2 amide bonds. The van der Waals surface area contributed by atoms with Gasteiger partial charge < -0.3 is 9.84 Å². The number of nitrogens with zero attached hydrogens (tertiary/aromatic N) is 2. The number of carbonyl (C=O) groups excluding carboxylic acids is 2. The second-order valence-corrected chi connectivity index (χ2v) is 6.36. The number of ether oxygens (including phenoxy) is 1. The van der Waals surface area contributed by atoms with E-state index in [1.807, 2.05) is 0 Å². The molecule has 0 saturated heterocycles. The molecule has 9 heteroatoms. The summed E-state index contributed by atoms with van der Waals surface area (Å²) >= 11 is 0. The largest absolute Gasteiger partial charge is 0.478 e. The molecule has 1 heterocycles. The molecule has 0 aromatic heterocycles. The van der Waals surface area contributed by atoms with E-state index in [0.29, 0.717) is 11.5 Å². The van der Waals surface area contributed by atoms with Crippen LogP contribution in [0.3, 0.4) is 0 Å². The summed E-state index contributed by atoms with van der Waals surface area (Å²) in [6, 6.07) is 15.2. The number of anilines is 1. The van der Waals surface area contributed by atoms with Crippen molar-refractivity contribution in [2.45, 2.75) is 0 Å². The molecule has 0 bridgehead atoms. The number of amides is 2. The predicted octanol–water partition coefficient (Wildman–Crippen LogP) is 3.89. The summed E-state index contributed by atoms with van der Waals surface area (Å²) in [7, 11) is 0. The third kappa shape index (κ3) is 3.24. The Kier molecular flexibility index (Phi) is 4.47. The van der Waals surface area contributed by atoms with Crippen LogP contribution in [0.1, 0.15) is 31.1 Å². The second-order valence-electron chi connectivity index (χ2n) is 6.36. The first-order chi connectivity index (χ1) is 14.3. The highest BCUT2D eigenvalue weighted by Gasteiger charge is 2.37. The summed E-state index contributed by atoms with van der Waals surface area (Å²) in [6.45, 7) is 0. The molecule has 0 aliphatic carbocycles. The van der Waals surface area contributed by atoms with Crippen LogP contribution in [0.5, 0.6) is 11.5 Å². The summed E-state index contributed by atoms with van der Waals surface area (Å²) in [5, 5.41) is 19.7. The molecule has 148 valence electrons. The smallest absolute Gasteiger partial charge is 0.335 e. The first-order valence-corrected chi connectivity index (χ1v) is 8.63. The van der Waals surface area contributed by atoms with Gasteiger partial charge in [-0.15, -0.1) is 0 Å². The van der Waals surface area contributed by atoms with Crippen LogP contribution >= 0.6 is 0 Å². The fourth-order valence-corrected chi connectivity index (χ4v) is 3.04. The van der Waals surface area contributed by atoms with Crippen molar-refractivity contribution in [1.82, 2.24) is 0 Å². The SMILES string of the molecule is O=C(O)c1ccc(Oc2ccc3c(c2)C(=O)N(c2ccc([N+](=O)[O-])cc2)C3=O)cc1. The Hall–Kier alpha value is -4.53. The highest BCUT2D eigenvalue weighted by Crippen LogP contribution is 2.33. The summed E-state index contributed by atoms with van der Waals surface area (Å²) in [4.78, 5) is 47.6. The molecule has 30 heavy (non-hydrogen) atoms. The maximum Gasteiger partial charge on any atom is 0.335 e. The number of non-ortho nitro benzene ring substituents is 1. The lowest BCUT2D eigenvalue weighted by Crippen LogP contribution is -2.29. The Morgan fingerprint density at radius 3 is 2.07 bits per heavy atom. The molecule has 3 aromatic carbocycles. The maximum absolute atomic E-state index is 12.8. The number of benzene rings is 3. The number of aromatic carboxylic acids is 1. The van der Waals surface area contributed by atoms with Gasteiger partial charge in [-0.1, -0.05) is 0 Å². The van der Waals surface area contributed by atoms with Crippen LogP contribution in [0.25, 0.3) is 0 Å². The standard InChI is InChI=1S/C21H12N2O7/c24-19-17-10-9-16(30-15-7-1-12(2-8-15)21(26)27)11-18(17)20(25)22(19)13-3-5-14(6-4-13)23(28)29/h1-11H,(H,26,27). The minimum atomic E-state index is -1.06. The highest BCUT2D eigenvalue weighted by molar-refractivity contribution is 6.34. The van der Waals surface area contributed by atoms with Crippen LogP contribution in [-0.4, -0.2) is 27.8 Å². The van der Waals surface area contributed by atoms with E-state index in [2.05, 4.69) is 0 Å². The third-order valence-corrected chi connectivity index (χ3v) is 4.51. The van der Waals surface area contributed by atoms with E-state index < -0.39 is 22.7 Å². The van der Waals surface area contributed by atoms with Crippen LogP contribution in [-0.2, 0) is 0 Å². The van der Waals surface area contributed by atoms with Crippen molar-refractivity contribution >= 4 is 29.2 Å². The van der Waals surface area contributed by atoms with Crippen molar-refractivity contribution in [2.24, 2.45) is 0 Å². The Morgan fingerprint density at radius 1 is 0.867 bits per heavy atom. The molecule has 0 saturated carbocycles. The zero-order valence-corrected chi connectivity index (χ0v) is 15.1. The third-order valence-electron chi connectivity index (χ3n) is 4.51.